The Morgan fingerprint density at radius 2 is 2.05 bits per heavy atom. The average molecular weight is 286 g/mol. The summed E-state index contributed by atoms with van der Waals surface area (Å²) in [4.78, 5) is 4.47. The zero-order valence-corrected chi connectivity index (χ0v) is 12.0. The number of hydrogen-bond donors (Lipinski definition) is 1. The first kappa shape index (κ1) is 13.7. The highest BCUT2D eigenvalue weighted by molar-refractivity contribution is 5.44. The monoisotopic (exact) mass is 286 g/mol. The second-order valence-electron chi connectivity index (χ2n) is 4.72. The molecule has 110 valence electrons. The molecule has 0 fully saturated rings. The molecule has 3 rings (SSSR count). The molecule has 0 unspecified atom stereocenters. The van der Waals surface area contributed by atoms with Gasteiger partial charge < -0.3 is 19.5 Å². The smallest absolute Gasteiger partial charge is 0.231 e. The number of rotatable bonds is 6. The molecule has 1 aliphatic heterocycles. The molecule has 1 N–H and O–H groups in total. The third-order valence-corrected chi connectivity index (χ3v) is 3.12. The second kappa shape index (κ2) is 6.45. The lowest BCUT2D eigenvalue weighted by Crippen LogP contribution is -2.02. The summed E-state index contributed by atoms with van der Waals surface area (Å²) in [6, 6.07) is 11.7. The van der Waals surface area contributed by atoms with Gasteiger partial charge in [-0.1, -0.05) is 12.1 Å². The highest BCUT2D eigenvalue weighted by Crippen LogP contribution is 2.32. The fourth-order valence-electron chi connectivity index (χ4n) is 2.14. The SMILES string of the molecule is CCNc1cccc(COCc2ccc3c(c2)OCO3)n1. The molecule has 0 spiro atoms. The molecule has 0 atom stereocenters. The molecule has 2 aromatic rings. The van der Waals surface area contributed by atoms with Crippen molar-refractivity contribution >= 4 is 5.82 Å². The molecule has 1 aromatic carbocycles. The third kappa shape index (κ3) is 3.44. The van der Waals surface area contributed by atoms with E-state index in [1.165, 1.54) is 0 Å². The van der Waals surface area contributed by atoms with Crippen molar-refractivity contribution in [3.63, 3.8) is 0 Å². The van der Waals surface area contributed by atoms with E-state index < -0.39 is 0 Å². The van der Waals surface area contributed by atoms with E-state index in [1.54, 1.807) is 0 Å². The molecule has 1 aromatic heterocycles. The van der Waals surface area contributed by atoms with Gasteiger partial charge in [0.15, 0.2) is 11.5 Å². The lowest BCUT2D eigenvalue weighted by atomic mass is 10.2. The molecule has 0 radical (unpaired) electrons. The van der Waals surface area contributed by atoms with Gasteiger partial charge in [-0.2, -0.15) is 0 Å². The summed E-state index contributed by atoms with van der Waals surface area (Å²) in [7, 11) is 0. The maximum Gasteiger partial charge on any atom is 0.231 e. The maximum atomic E-state index is 5.71. The lowest BCUT2D eigenvalue weighted by Gasteiger charge is -2.07. The fraction of sp³-hybridized carbons (Fsp3) is 0.312. The predicted octanol–water partition coefficient (Wildman–Crippen LogP) is 2.96. The molecular weight excluding hydrogens is 268 g/mol. The van der Waals surface area contributed by atoms with E-state index in [-0.39, 0.29) is 0 Å². The van der Waals surface area contributed by atoms with Crippen LogP contribution in [0, 0.1) is 0 Å². The van der Waals surface area contributed by atoms with Gasteiger partial charge in [-0.3, -0.25) is 0 Å². The van der Waals surface area contributed by atoms with Crippen LogP contribution in [0.3, 0.4) is 0 Å². The minimum absolute atomic E-state index is 0.292. The van der Waals surface area contributed by atoms with Crippen molar-refractivity contribution in [2.24, 2.45) is 0 Å². The van der Waals surface area contributed by atoms with E-state index in [4.69, 9.17) is 14.2 Å². The Morgan fingerprint density at radius 3 is 2.95 bits per heavy atom. The highest BCUT2D eigenvalue weighted by atomic mass is 16.7. The van der Waals surface area contributed by atoms with Gasteiger partial charge in [0.1, 0.15) is 5.82 Å². The lowest BCUT2D eigenvalue weighted by molar-refractivity contribution is 0.104. The van der Waals surface area contributed by atoms with Crippen LogP contribution in [0.1, 0.15) is 18.2 Å². The van der Waals surface area contributed by atoms with Gasteiger partial charge in [-0.25, -0.2) is 4.98 Å². The number of pyridine rings is 1. The van der Waals surface area contributed by atoms with E-state index in [0.717, 1.165) is 35.1 Å². The predicted molar refractivity (Wildman–Crippen MR) is 79.5 cm³/mol. The Labute approximate surface area is 123 Å². The van der Waals surface area contributed by atoms with E-state index in [1.807, 2.05) is 43.3 Å². The van der Waals surface area contributed by atoms with Crippen LogP contribution in [-0.4, -0.2) is 18.3 Å². The molecule has 21 heavy (non-hydrogen) atoms. The number of ether oxygens (including phenoxy) is 3. The topological polar surface area (TPSA) is 52.6 Å². The Morgan fingerprint density at radius 1 is 1.14 bits per heavy atom. The van der Waals surface area contributed by atoms with Crippen LogP contribution in [0.15, 0.2) is 36.4 Å². The first-order valence-corrected chi connectivity index (χ1v) is 7.01. The molecule has 2 heterocycles. The Bertz CT molecular complexity index is 616. The number of anilines is 1. The molecule has 0 bridgehead atoms. The Kier molecular flexibility index (Phi) is 4.21. The average Bonchev–Trinajstić information content (AvgIpc) is 2.96. The summed E-state index contributed by atoms with van der Waals surface area (Å²) in [5.74, 6) is 2.45. The van der Waals surface area contributed by atoms with Crippen molar-refractivity contribution < 1.29 is 14.2 Å². The molecule has 0 saturated heterocycles. The van der Waals surface area contributed by atoms with Crippen LogP contribution in [0.25, 0.3) is 0 Å². The molecule has 0 amide bonds. The largest absolute Gasteiger partial charge is 0.454 e. The summed E-state index contributed by atoms with van der Waals surface area (Å²) in [5, 5.41) is 3.19. The first-order chi connectivity index (χ1) is 10.3. The molecule has 5 heteroatoms. The van der Waals surface area contributed by atoms with Crippen LogP contribution in [-0.2, 0) is 18.0 Å². The molecule has 5 nitrogen and oxygen atoms in total. The van der Waals surface area contributed by atoms with Crippen molar-refractivity contribution in [3.8, 4) is 11.5 Å². The van der Waals surface area contributed by atoms with E-state index in [9.17, 15) is 0 Å². The number of nitrogens with zero attached hydrogens (tertiary/aromatic N) is 1. The van der Waals surface area contributed by atoms with Gasteiger partial charge in [-0.05, 0) is 36.8 Å². The summed E-state index contributed by atoms with van der Waals surface area (Å²) < 4.78 is 16.3. The zero-order chi connectivity index (χ0) is 14.5. The number of nitrogens with one attached hydrogen (secondary N) is 1. The van der Waals surface area contributed by atoms with Gasteiger partial charge in [0.25, 0.3) is 0 Å². The maximum absolute atomic E-state index is 5.71. The second-order valence-corrected chi connectivity index (χ2v) is 4.72. The van der Waals surface area contributed by atoms with E-state index in [0.29, 0.717) is 20.0 Å². The quantitative estimate of drug-likeness (QED) is 0.884. The number of aromatic nitrogens is 1. The Balaban J connectivity index is 1.55. The minimum atomic E-state index is 0.292. The minimum Gasteiger partial charge on any atom is -0.454 e. The standard InChI is InChI=1S/C16H18N2O3/c1-2-17-16-5-3-4-13(18-16)10-19-9-12-6-7-14-15(8-12)21-11-20-14/h3-8H,2,9-11H2,1H3,(H,17,18). The summed E-state index contributed by atoms with van der Waals surface area (Å²) in [6.07, 6.45) is 0. The van der Waals surface area contributed by atoms with Gasteiger partial charge in [0.2, 0.25) is 6.79 Å². The van der Waals surface area contributed by atoms with Crippen molar-refractivity contribution in [1.82, 2.24) is 4.98 Å². The van der Waals surface area contributed by atoms with Crippen LogP contribution in [0.4, 0.5) is 5.82 Å². The summed E-state index contributed by atoms with van der Waals surface area (Å²) in [6.45, 7) is 4.19. The highest BCUT2D eigenvalue weighted by Gasteiger charge is 2.13. The van der Waals surface area contributed by atoms with Crippen LogP contribution >= 0.6 is 0 Å². The summed E-state index contributed by atoms with van der Waals surface area (Å²) >= 11 is 0. The van der Waals surface area contributed by atoms with Crippen molar-refractivity contribution in [1.29, 1.82) is 0 Å². The van der Waals surface area contributed by atoms with Crippen molar-refractivity contribution in [2.45, 2.75) is 20.1 Å². The van der Waals surface area contributed by atoms with Crippen LogP contribution < -0.4 is 14.8 Å². The van der Waals surface area contributed by atoms with Crippen molar-refractivity contribution in [3.05, 3.63) is 47.7 Å². The molecule has 0 saturated carbocycles. The van der Waals surface area contributed by atoms with Gasteiger partial charge in [-0.15, -0.1) is 0 Å². The number of fused-ring (bicyclic) bond motifs is 1. The number of hydrogen-bond acceptors (Lipinski definition) is 5. The zero-order valence-electron chi connectivity index (χ0n) is 12.0. The van der Waals surface area contributed by atoms with E-state index in [2.05, 4.69) is 10.3 Å². The van der Waals surface area contributed by atoms with Crippen LogP contribution in [0.5, 0.6) is 11.5 Å². The Hall–Kier alpha value is -2.27. The number of benzene rings is 1. The molecule has 0 aliphatic carbocycles. The van der Waals surface area contributed by atoms with Gasteiger partial charge in [0, 0.05) is 6.54 Å². The normalized spacial score (nSPS) is 12.4. The van der Waals surface area contributed by atoms with Crippen LogP contribution in [0.2, 0.25) is 0 Å². The third-order valence-electron chi connectivity index (χ3n) is 3.12. The molecular formula is C16H18N2O3. The summed E-state index contributed by atoms with van der Waals surface area (Å²) in [5.41, 5.74) is 1.97. The first-order valence-electron chi connectivity index (χ1n) is 7.01. The van der Waals surface area contributed by atoms with Gasteiger partial charge >= 0.3 is 0 Å². The van der Waals surface area contributed by atoms with Gasteiger partial charge in [0.05, 0.1) is 18.9 Å². The fourth-order valence-corrected chi connectivity index (χ4v) is 2.14. The molecule has 1 aliphatic rings. The van der Waals surface area contributed by atoms with Crippen molar-refractivity contribution in [2.75, 3.05) is 18.7 Å². The van der Waals surface area contributed by atoms with E-state index >= 15 is 0 Å².